The van der Waals surface area contributed by atoms with Crippen LogP contribution < -0.4 is 10.1 Å². The number of aryl methyl sites for hydroxylation is 1. The highest BCUT2D eigenvalue weighted by atomic mass is 16.5. The molecule has 1 N–H and O–H groups in total. The normalized spacial score (nSPS) is 11.9. The Balaban J connectivity index is 2.03. The molecule has 2 aromatic rings. The molecule has 0 aliphatic rings. The first-order valence-corrected chi connectivity index (χ1v) is 6.53. The van der Waals surface area contributed by atoms with Crippen LogP contribution in [0.1, 0.15) is 24.9 Å². The molecule has 0 saturated heterocycles. The summed E-state index contributed by atoms with van der Waals surface area (Å²) < 4.78 is 7.02. The Morgan fingerprint density at radius 2 is 2.30 bits per heavy atom. The number of hydrogen-bond acceptors (Lipinski definition) is 3. The van der Waals surface area contributed by atoms with Crippen LogP contribution in [0.15, 0.2) is 36.7 Å². The molecule has 5 nitrogen and oxygen atoms in total. The van der Waals surface area contributed by atoms with E-state index >= 15 is 0 Å². The number of rotatable bonds is 5. The van der Waals surface area contributed by atoms with Crippen LogP contribution in [0.3, 0.4) is 0 Å². The summed E-state index contributed by atoms with van der Waals surface area (Å²) >= 11 is 0. The third-order valence-electron chi connectivity index (χ3n) is 3.09. The molecular weight excluding hydrogens is 254 g/mol. The SMILES string of the molecule is COc1ccc(C)cc1NC(=O)CC(C)n1cccn1. The molecule has 0 aliphatic carbocycles. The Kier molecular flexibility index (Phi) is 4.40. The van der Waals surface area contributed by atoms with Crippen LogP contribution in [-0.4, -0.2) is 22.8 Å². The van der Waals surface area contributed by atoms with Gasteiger partial charge in [0.15, 0.2) is 0 Å². The molecule has 5 heteroatoms. The van der Waals surface area contributed by atoms with Gasteiger partial charge in [-0.15, -0.1) is 0 Å². The molecular formula is C15H19N3O2. The van der Waals surface area contributed by atoms with Crippen molar-refractivity contribution in [3.05, 3.63) is 42.2 Å². The molecule has 1 aromatic carbocycles. The second kappa shape index (κ2) is 6.23. The molecule has 20 heavy (non-hydrogen) atoms. The van der Waals surface area contributed by atoms with E-state index in [1.165, 1.54) is 0 Å². The van der Waals surface area contributed by atoms with Crippen LogP contribution in [0.4, 0.5) is 5.69 Å². The van der Waals surface area contributed by atoms with Crippen molar-refractivity contribution >= 4 is 11.6 Å². The highest BCUT2D eigenvalue weighted by molar-refractivity contribution is 5.92. The number of carbonyl (C=O) groups excluding carboxylic acids is 1. The molecule has 2 rings (SSSR count). The molecule has 0 spiro atoms. The van der Waals surface area contributed by atoms with Gasteiger partial charge < -0.3 is 10.1 Å². The molecule has 0 fully saturated rings. The van der Waals surface area contributed by atoms with E-state index in [0.29, 0.717) is 17.9 Å². The zero-order valence-corrected chi connectivity index (χ0v) is 12.0. The van der Waals surface area contributed by atoms with Gasteiger partial charge >= 0.3 is 0 Å². The Labute approximate surface area is 118 Å². The number of ether oxygens (including phenoxy) is 1. The first-order chi connectivity index (χ1) is 9.60. The molecule has 0 bridgehead atoms. The molecule has 0 aliphatic heterocycles. The quantitative estimate of drug-likeness (QED) is 0.911. The van der Waals surface area contributed by atoms with E-state index in [9.17, 15) is 4.79 Å². The topological polar surface area (TPSA) is 56.1 Å². The van der Waals surface area contributed by atoms with Crippen molar-refractivity contribution in [1.82, 2.24) is 9.78 Å². The summed E-state index contributed by atoms with van der Waals surface area (Å²) in [4.78, 5) is 12.1. The van der Waals surface area contributed by atoms with Gasteiger partial charge in [-0.3, -0.25) is 9.48 Å². The molecule has 1 heterocycles. The minimum atomic E-state index is -0.0584. The predicted molar refractivity (Wildman–Crippen MR) is 77.9 cm³/mol. The molecule has 1 atom stereocenters. The van der Waals surface area contributed by atoms with Gasteiger partial charge in [0.05, 0.1) is 18.8 Å². The van der Waals surface area contributed by atoms with E-state index < -0.39 is 0 Å². The second-order valence-electron chi connectivity index (χ2n) is 4.79. The lowest BCUT2D eigenvalue weighted by Crippen LogP contribution is -2.18. The standard InChI is InChI=1S/C15H19N3O2/c1-11-5-6-14(20-3)13(9-11)17-15(19)10-12(2)18-8-4-7-16-18/h4-9,12H,10H2,1-3H3,(H,17,19). The van der Waals surface area contributed by atoms with Crippen molar-refractivity contribution in [2.75, 3.05) is 12.4 Å². The van der Waals surface area contributed by atoms with Crippen molar-refractivity contribution in [3.63, 3.8) is 0 Å². The zero-order chi connectivity index (χ0) is 14.5. The van der Waals surface area contributed by atoms with E-state index in [2.05, 4.69) is 10.4 Å². The minimum absolute atomic E-state index is 0.0146. The van der Waals surface area contributed by atoms with Crippen LogP contribution >= 0.6 is 0 Å². The predicted octanol–water partition coefficient (Wildman–Crippen LogP) is 2.79. The summed E-state index contributed by atoms with van der Waals surface area (Å²) in [7, 11) is 1.59. The smallest absolute Gasteiger partial charge is 0.226 e. The Morgan fingerprint density at radius 1 is 1.50 bits per heavy atom. The maximum absolute atomic E-state index is 12.1. The van der Waals surface area contributed by atoms with Gasteiger partial charge in [0.1, 0.15) is 5.75 Å². The summed E-state index contributed by atoms with van der Waals surface area (Å²) in [6.45, 7) is 3.93. The average molecular weight is 273 g/mol. The van der Waals surface area contributed by atoms with Gasteiger partial charge in [-0.1, -0.05) is 6.07 Å². The molecule has 1 aromatic heterocycles. The van der Waals surface area contributed by atoms with Crippen LogP contribution in [0.5, 0.6) is 5.75 Å². The molecule has 1 amide bonds. The molecule has 1 unspecified atom stereocenters. The van der Waals surface area contributed by atoms with Gasteiger partial charge in [-0.25, -0.2) is 0 Å². The fourth-order valence-corrected chi connectivity index (χ4v) is 2.02. The molecule has 106 valence electrons. The first kappa shape index (κ1) is 14.1. The zero-order valence-electron chi connectivity index (χ0n) is 12.0. The van der Waals surface area contributed by atoms with E-state index in [4.69, 9.17) is 4.74 Å². The summed E-state index contributed by atoms with van der Waals surface area (Å²) in [6, 6.07) is 7.55. The summed E-state index contributed by atoms with van der Waals surface area (Å²) in [6.07, 6.45) is 3.92. The third kappa shape index (κ3) is 3.38. The lowest BCUT2D eigenvalue weighted by Gasteiger charge is -2.14. The monoisotopic (exact) mass is 273 g/mol. The van der Waals surface area contributed by atoms with Gasteiger partial charge in [0.2, 0.25) is 5.91 Å². The lowest BCUT2D eigenvalue weighted by molar-refractivity contribution is -0.116. The van der Waals surface area contributed by atoms with Crippen molar-refractivity contribution in [3.8, 4) is 5.75 Å². The van der Waals surface area contributed by atoms with Crippen molar-refractivity contribution < 1.29 is 9.53 Å². The highest BCUT2D eigenvalue weighted by Crippen LogP contribution is 2.25. The summed E-state index contributed by atoms with van der Waals surface area (Å²) in [5, 5.41) is 7.03. The van der Waals surface area contributed by atoms with Crippen LogP contribution in [0.2, 0.25) is 0 Å². The fourth-order valence-electron chi connectivity index (χ4n) is 2.02. The minimum Gasteiger partial charge on any atom is -0.495 e. The molecule has 0 radical (unpaired) electrons. The third-order valence-corrected chi connectivity index (χ3v) is 3.09. The second-order valence-corrected chi connectivity index (χ2v) is 4.79. The van der Waals surface area contributed by atoms with Gasteiger partial charge in [-0.05, 0) is 37.6 Å². The maximum Gasteiger partial charge on any atom is 0.226 e. The Morgan fingerprint density at radius 3 is 2.95 bits per heavy atom. The van der Waals surface area contributed by atoms with Crippen molar-refractivity contribution in [2.45, 2.75) is 26.3 Å². The Hall–Kier alpha value is -2.30. The van der Waals surface area contributed by atoms with Gasteiger partial charge in [-0.2, -0.15) is 5.10 Å². The van der Waals surface area contributed by atoms with E-state index in [0.717, 1.165) is 5.56 Å². The van der Waals surface area contributed by atoms with Crippen molar-refractivity contribution in [2.24, 2.45) is 0 Å². The number of aromatic nitrogens is 2. The van der Waals surface area contributed by atoms with E-state index in [1.807, 2.05) is 44.3 Å². The lowest BCUT2D eigenvalue weighted by atomic mass is 10.2. The van der Waals surface area contributed by atoms with Crippen molar-refractivity contribution in [1.29, 1.82) is 0 Å². The van der Waals surface area contributed by atoms with Crippen LogP contribution in [-0.2, 0) is 4.79 Å². The summed E-state index contributed by atoms with van der Waals surface area (Å²) in [5.74, 6) is 0.604. The highest BCUT2D eigenvalue weighted by Gasteiger charge is 2.13. The van der Waals surface area contributed by atoms with Gasteiger partial charge in [0, 0.05) is 18.8 Å². The fraction of sp³-hybridized carbons (Fsp3) is 0.333. The van der Waals surface area contributed by atoms with E-state index in [1.54, 1.807) is 18.0 Å². The maximum atomic E-state index is 12.1. The first-order valence-electron chi connectivity index (χ1n) is 6.53. The number of nitrogens with one attached hydrogen (secondary N) is 1. The number of amides is 1. The van der Waals surface area contributed by atoms with E-state index in [-0.39, 0.29) is 11.9 Å². The molecule has 0 saturated carbocycles. The number of carbonyl (C=O) groups is 1. The number of benzene rings is 1. The summed E-state index contributed by atoms with van der Waals surface area (Å²) in [5.41, 5.74) is 1.77. The number of hydrogen-bond donors (Lipinski definition) is 1. The number of methoxy groups -OCH3 is 1. The number of nitrogens with zero attached hydrogens (tertiary/aromatic N) is 2. The number of anilines is 1. The largest absolute Gasteiger partial charge is 0.495 e. The Bertz CT molecular complexity index is 579. The van der Waals surface area contributed by atoms with Gasteiger partial charge in [0.25, 0.3) is 0 Å². The average Bonchev–Trinajstić information content (AvgIpc) is 2.92. The van der Waals surface area contributed by atoms with Crippen LogP contribution in [0, 0.1) is 6.92 Å². The van der Waals surface area contributed by atoms with Crippen LogP contribution in [0.25, 0.3) is 0 Å².